The Labute approximate surface area is 139 Å². The van der Waals surface area contributed by atoms with Crippen LogP contribution in [0.25, 0.3) is 0 Å². The second-order valence-corrected chi connectivity index (χ2v) is 6.87. The third kappa shape index (κ3) is 3.33. The van der Waals surface area contributed by atoms with Crippen LogP contribution in [0.4, 0.5) is 0 Å². The van der Waals surface area contributed by atoms with Crippen molar-refractivity contribution in [3.05, 3.63) is 34.9 Å². The van der Waals surface area contributed by atoms with Crippen LogP contribution in [0.15, 0.2) is 23.2 Å². The lowest BCUT2D eigenvalue weighted by molar-refractivity contribution is 0.145. The molecule has 0 heterocycles. The summed E-state index contributed by atoms with van der Waals surface area (Å²) in [6.07, 6.45) is 11.4. The Morgan fingerprint density at radius 3 is 2.83 bits per heavy atom. The van der Waals surface area contributed by atoms with Gasteiger partial charge in [-0.05, 0) is 56.2 Å². The molecule has 0 bridgehead atoms. The van der Waals surface area contributed by atoms with E-state index >= 15 is 0 Å². The molecule has 0 amide bonds. The number of aliphatic imine (C=N–C) groups is 1. The molecule has 3 rings (SSSR count). The van der Waals surface area contributed by atoms with Crippen LogP contribution in [-0.2, 0) is 17.6 Å². The molecule has 1 fully saturated rings. The van der Waals surface area contributed by atoms with E-state index in [2.05, 4.69) is 29.4 Å². The molecule has 0 unspecified atom stereocenters. The molecule has 2 aliphatic rings. The van der Waals surface area contributed by atoms with Crippen molar-refractivity contribution in [3.8, 4) is 6.19 Å². The van der Waals surface area contributed by atoms with Gasteiger partial charge < -0.3 is 4.74 Å². The molecule has 122 valence electrons. The summed E-state index contributed by atoms with van der Waals surface area (Å²) in [5, 5.41) is 9.18. The van der Waals surface area contributed by atoms with Crippen LogP contribution in [-0.4, -0.2) is 18.9 Å². The number of hydrogen-bond acceptors (Lipinski definition) is 3. The number of aryl methyl sites for hydroxylation is 1. The number of nitriles is 1. The van der Waals surface area contributed by atoms with E-state index in [-0.39, 0.29) is 5.41 Å². The summed E-state index contributed by atoms with van der Waals surface area (Å²) < 4.78 is 5.43. The van der Waals surface area contributed by atoms with Crippen LogP contribution < -0.4 is 0 Å². The topological polar surface area (TPSA) is 45.4 Å². The quantitative estimate of drug-likeness (QED) is 0.596. The molecular formula is C20H26N2O. The van der Waals surface area contributed by atoms with Crippen molar-refractivity contribution < 1.29 is 4.74 Å². The Morgan fingerprint density at radius 1 is 1.26 bits per heavy atom. The first kappa shape index (κ1) is 16.2. The Kier molecular flexibility index (Phi) is 5.13. The fourth-order valence-electron chi connectivity index (χ4n) is 4.28. The summed E-state index contributed by atoms with van der Waals surface area (Å²) in [5.74, 6) is 0. The van der Waals surface area contributed by atoms with Gasteiger partial charge in [-0.2, -0.15) is 10.3 Å². The highest BCUT2D eigenvalue weighted by atomic mass is 16.5. The minimum Gasteiger partial charge on any atom is -0.382 e. The van der Waals surface area contributed by atoms with Gasteiger partial charge in [0.25, 0.3) is 0 Å². The zero-order chi connectivity index (χ0) is 16.1. The summed E-state index contributed by atoms with van der Waals surface area (Å²) in [4.78, 5) is 4.29. The van der Waals surface area contributed by atoms with E-state index in [9.17, 15) is 5.26 Å². The van der Waals surface area contributed by atoms with Gasteiger partial charge in [0, 0.05) is 24.2 Å². The van der Waals surface area contributed by atoms with Gasteiger partial charge in [-0.1, -0.05) is 31.4 Å². The fraction of sp³-hybridized carbons (Fsp3) is 0.600. The first-order valence-corrected chi connectivity index (χ1v) is 8.96. The van der Waals surface area contributed by atoms with Crippen molar-refractivity contribution in [3.63, 3.8) is 0 Å². The van der Waals surface area contributed by atoms with Gasteiger partial charge in [0.2, 0.25) is 6.19 Å². The Morgan fingerprint density at radius 2 is 2.09 bits per heavy atom. The number of fused-ring (bicyclic) bond motifs is 1. The number of ether oxygens (including phenoxy) is 1. The SMILES string of the molecule is CCOCCCc1ccc2c(c1)C(=NC#N)C1(CCCCC1)C2. The molecule has 1 aromatic carbocycles. The highest BCUT2D eigenvalue weighted by molar-refractivity contribution is 6.09. The molecule has 1 aromatic rings. The van der Waals surface area contributed by atoms with E-state index in [0.29, 0.717) is 0 Å². The number of benzene rings is 1. The molecule has 1 saturated carbocycles. The van der Waals surface area contributed by atoms with Crippen molar-refractivity contribution in [1.82, 2.24) is 0 Å². The van der Waals surface area contributed by atoms with Gasteiger partial charge in [0.1, 0.15) is 0 Å². The predicted octanol–water partition coefficient (Wildman–Crippen LogP) is 4.43. The van der Waals surface area contributed by atoms with Crippen LogP contribution in [0, 0.1) is 16.9 Å². The monoisotopic (exact) mass is 310 g/mol. The van der Waals surface area contributed by atoms with Crippen molar-refractivity contribution in [2.24, 2.45) is 10.4 Å². The van der Waals surface area contributed by atoms with Crippen LogP contribution in [0.2, 0.25) is 0 Å². The average molecular weight is 310 g/mol. The average Bonchev–Trinajstić information content (AvgIpc) is 2.86. The van der Waals surface area contributed by atoms with Crippen molar-refractivity contribution in [2.75, 3.05) is 13.2 Å². The molecule has 3 heteroatoms. The first-order valence-electron chi connectivity index (χ1n) is 8.96. The Hall–Kier alpha value is -1.66. The van der Waals surface area contributed by atoms with Crippen LogP contribution in [0.3, 0.4) is 0 Å². The van der Waals surface area contributed by atoms with Crippen molar-refractivity contribution >= 4 is 5.71 Å². The van der Waals surface area contributed by atoms with E-state index in [0.717, 1.165) is 38.2 Å². The number of hydrogen-bond donors (Lipinski definition) is 0. The lowest BCUT2D eigenvalue weighted by Gasteiger charge is -2.33. The smallest absolute Gasteiger partial charge is 0.205 e. The molecule has 0 atom stereocenters. The maximum absolute atomic E-state index is 9.18. The lowest BCUT2D eigenvalue weighted by Crippen LogP contribution is -2.31. The third-order valence-corrected chi connectivity index (χ3v) is 5.39. The first-order chi connectivity index (χ1) is 11.3. The second kappa shape index (κ2) is 7.27. The maximum atomic E-state index is 9.18. The molecule has 2 aliphatic carbocycles. The van der Waals surface area contributed by atoms with Gasteiger partial charge in [-0.25, -0.2) is 0 Å². The predicted molar refractivity (Wildman–Crippen MR) is 92.6 cm³/mol. The number of nitrogens with zero attached hydrogens (tertiary/aromatic N) is 2. The summed E-state index contributed by atoms with van der Waals surface area (Å²) in [5.41, 5.74) is 5.17. The highest BCUT2D eigenvalue weighted by Crippen LogP contribution is 2.47. The molecule has 0 aromatic heterocycles. The van der Waals surface area contributed by atoms with Gasteiger partial charge in [0.05, 0.1) is 5.71 Å². The second-order valence-electron chi connectivity index (χ2n) is 6.87. The molecule has 23 heavy (non-hydrogen) atoms. The zero-order valence-corrected chi connectivity index (χ0v) is 14.1. The molecule has 0 N–H and O–H groups in total. The molecule has 3 nitrogen and oxygen atoms in total. The Bertz CT molecular complexity index is 621. The third-order valence-electron chi connectivity index (χ3n) is 5.39. The minimum absolute atomic E-state index is 0.139. The Balaban J connectivity index is 1.83. The highest BCUT2D eigenvalue weighted by Gasteiger charge is 2.43. The van der Waals surface area contributed by atoms with Crippen LogP contribution in [0.1, 0.15) is 62.1 Å². The van der Waals surface area contributed by atoms with Gasteiger partial charge in [0.15, 0.2) is 0 Å². The molecule has 0 radical (unpaired) electrons. The maximum Gasteiger partial charge on any atom is 0.205 e. The van der Waals surface area contributed by atoms with Gasteiger partial charge in [-0.3, -0.25) is 0 Å². The van der Waals surface area contributed by atoms with Gasteiger partial charge in [-0.15, -0.1) is 0 Å². The minimum atomic E-state index is 0.139. The van der Waals surface area contributed by atoms with Crippen LogP contribution >= 0.6 is 0 Å². The van der Waals surface area contributed by atoms with E-state index in [4.69, 9.17) is 4.74 Å². The summed E-state index contributed by atoms with van der Waals surface area (Å²) in [6.45, 7) is 3.63. The largest absolute Gasteiger partial charge is 0.382 e. The molecule has 0 saturated heterocycles. The standard InChI is InChI=1S/C20H26N2O/c1-2-23-12-6-7-16-8-9-17-14-20(10-4-3-5-11-20)19(22-15-21)18(17)13-16/h8-9,13H,2-7,10-12,14H2,1H3. The van der Waals surface area contributed by atoms with Crippen molar-refractivity contribution in [1.29, 1.82) is 5.26 Å². The van der Waals surface area contributed by atoms with Crippen molar-refractivity contribution in [2.45, 2.75) is 58.3 Å². The van der Waals surface area contributed by atoms with E-state index in [1.807, 2.05) is 6.92 Å². The molecule has 1 spiro atoms. The van der Waals surface area contributed by atoms with Crippen LogP contribution in [0.5, 0.6) is 0 Å². The van der Waals surface area contributed by atoms with E-state index in [1.165, 1.54) is 48.8 Å². The summed E-state index contributed by atoms with van der Waals surface area (Å²) in [7, 11) is 0. The molecule has 0 aliphatic heterocycles. The normalized spacial score (nSPS) is 20.6. The molecular weight excluding hydrogens is 284 g/mol. The van der Waals surface area contributed by atoms with E-state index < -0.39 is 0 Å². The fourth-order valence-corrected chi connectivity index (χ4v) is 4.28. The zero-order valence-electron chi connectivity index (χ0n) is 14.1. The van der Waals surface area contributed by atoms with E-state index in [1.54, 1.807) is 0 Å². The number of rotatable bonds is 5. The summed E-state index contributed by atoms with van der Waals surface area (Å²) >= 11 is 0. The summed E-state index contributed by atoms with van der Waals surface area (Å²) in [6, 6.07) is 6.79. The van der Waals surface area contributed by atoms with Gasteiger partial charge >= 0.3 is 0 Å². The lowest BCUT2D eigenvalue weighted by atomic mass is 9.71.